The first kappa shape index (κ1) is 13.1. The van der Waals surface area contributed by atoms with Crippen LogP contribution in [0.2, 0.25) is 0 Å². The maximum Gasteiger partial charge on any atom is 0.132 e. The zero-order chi connectivity index (χ0) is 14.1. The van der Waals surface area contributed by atoms with Crippen LogP contribution in [0.1, 0.15) is 17.2 Å². The largest absolute Gasteiger partial charge is 0.497 e. The highest BCUT2D eigenvalue weighted by Gasteiger charge is 2.17. The Labute approximate surface area is 120 Å². The summed E-state index contributed by atoms with van der Waals surface area (Å²) in [5, 5.41) is 3.16. The molecule has 0 saturated carbocycles. The molecule has 0 aliphatic heterocycles. The highest BCUT2D eigenvalue weighted by atomic mass is 32.1. The second-order valence-electron chi connectivity index (χ2n) is 4.55. The van der Waals surface area contributed by atoms with Crippen LogP contribution >= 0.6 is 11.3 Å². The molecule has 1 aromatic heterocycles. The van der Waals surface area contributed by atoms with Gasteiger partial charge < -0.3 is 10.5 Å². The number of nitrogens with two attached hydrogens (primary N) is 1. The normalized spacial score (nSPS) is 12.6. The summed E-state index contributed by atoms with van der Waals surface area (Å²) in [7, 11) is 1.51. The van der Waals surface area contributed by atoms with Crippen molar-refractivity contribution in [2.75, 3.05) is 7.11 Å². The third kappa shape index (κ3) is 2.17. The molecule has 0 fully saturated rings. The van der Waals surface area contributed by atoms with Gasteiger partial charge in [-0.15, -0.1) is 11.3 Å². The van der Waals surface area contributed by atoms with E-state index in [-0.39, 0.29) is 5.82 Å². The van der Waals surface area contributed by atoms with Crippen molar-refractivity contribution in [3.05, 3.63) is 64.8 Å². The van der Waals surface area contributed by atoms with Crippen molar-refractivity contribution >= 4 is 21.4 Å². The van der Waals surface area contributed by atoms with Gasteiger partial charge >= 0.3 is 0 Å². The quantitative estimate of drug-likeness (QED) is 0.787. The average Bonchev–Trinajstić information content (AvgIpc) is 2.94. The first-order chi connectivity index (χ1) is 9.70. The van der Waals surface area contributed by atoms with E-state index in [0.717, 1.165) is 15.6 Å². The van der Waals surface area contributed by atoms with Crippen LogP contribution in [-0.4, -0.2) is 7.11 Å². The Balaban J connectivity index is 2.08. The molecule has 1 unspecified atom stereocenters. The fraction of sp³-hybridized carbons (Fsp3) is 0.125. The van der Waals surface area contributed by atoms with Crippen molar-refractivity contribution in [1.82, 2.24) is 0 Å². The number of ether oxygens (including phenoxy) is 1. The number of halogens is 1. The van der Waals surface area contributed by atoms with E-state index in [1.165, 1.54) is 13.2 Å². The molecule has 0 radical (unpaired) electrons. The molecular weight excluding hydrogens is 273 g/mol. The third-order valence-electron chi connectivity index (χ3n) is 3.39. The van der Waals surface area contributed by atoms with E-state index in [9.17, 15) is 4.39 Å². The van der Waals surface area contributed by atoms with E-state index in [1.807, 2.05) is 29.6 Å². The molecule has 0 bridgehead atoms. The Bertz CT molecular complexity index is 753. The lowest BCUT2D eigenvalue weighted by atomic mass is 9.98. The minimum Gasteiger partial charge on any atom is -0.497 e. The van der Waals surface area contributed by atoms with Crippen molar-refractivity contribution < 1.29 is 9.13 Å². The minimum atomic E-state index is -0.483. The van der Waals surface area contributed by atoms with Crippen molar-refractivity contribution in [2.24, 2.45) is 5.73 Å². The zero-order valence-corrected chi connectivity index (χ0v) is 11.8. The topological polar surface area (TPSA) is 35.2 Å². The van der Waals surface area contributed by atoms with Crippen molar-refractivity contribution in [3.63, 3.8) is 0 Å². The predicted molar refractivity (Wildman–Crippen MR) is 80.8 cm³/mol. The standard InChI is InChI=1S/C16H14FNOS/c1-19-11-5-6-12(14(17)9-11)15(18)13-4-2-3-10-7-8-20-16(10)13/h2-9,15H,18H2,1H3. The van der Waals surface area contributed by atoms with Gasteiger partial charge in [-0.05, 0) is 28.5 Å². The van der Waals surface area contributed by atoms with Gasteiger partial charge in [-0.2, -0.15) is 0 Å². The number of hydrogen-bond donors (Lipinski definition) is 1. The first-order valence-corrected chi connectivity index (χ1v) is 7.14. The number of rotatable bonds is 3. The molecular formula is C16H14FNOS. The van der Waals surface area contributed by atoms with Crippen molar-refractivity contribution in [2.45, 2.75) is 6.04 Å². The summed E-state index contributed by atoms with van der Waals surface area (Å²) in [6.07, 6.45) is 0. The Morgan fingerprint density at radius 2 is 2.00 bits per heavy atom. The SMILES string of the molecule is COc1ccc(C(N)c2cccc3ccsc23)c(F)c1. The molecule has 0 aliphatic carbocycles. The summed E-state index contributed by atoms with van der Waals surface area (Å²) in [5.74, 6) is 0.151. The number of thiophene rings is 1. The number of fused-ring (bicyclic) bond motifs is 1. The lowest BCUT2D eigenvalue weighted by Gasteiger charge is -2.15. The van der Waals surface area contributed by atoms with E-state index in [2.05, 4.69) is 0 Å². The van der Waals surface area contributed by atoms with Gasteiger partial charge in [0.1, 0.15) is 11.6 Å². The molecule has 1 heterocycles. The summed E-state index contributed by atoms with van der Waals surface area (Å²) in [6.45, 7) is 0. The van der Waals surface area contributed by atoms with Crippen LogP contribution in [0.3, 0.4) is 0 Å². The van der Waals surface area contributed by atoms with Gasteiger partial charge in [-0.25, -0.2) is 4.39 Å². The van der Waals surface area contributed by atoms with Crippen LogP contribution in [-0.2, 0) is 0 Å². The fourth-order valence-corrected chi connectivity index (χ4v) is 3.27. The maximum absolute atomic E-state index is 14.1. The molecule has 0 saturated heterocycles. The van der Waals surface area contributed by atoms with E-state index >= 15 is 0 Å². The molecule has 2 aromatic carbocycles. The molecule has 1 atom stereocenters. The molecule has 2 nitrogen and oxygen atoms in total. The van der Waals surface area contributed by atoms with Gasteiger partial charge in [0.05, 0.1) is 13.2 Å². The summed E-state index contributed by atoms with van der Waals surface area (Å²) in [5.41, 5.74) is 7.68. The average molecular weight is 287 g/mol. The molecule has 3 aromatic rings. The number of methoxy groups -OCH3 is 1. The Kier molecular flexibility index (Phi) is 3.42. The second-order valence-corrected chi connectivity index (χ2v) is 5.47. The lowest BCUT2D eigenvalue weighted by molar-refractivity contribution is 0.410. The zero-order valence-electron chi connectivity index (χ0n) is 11.0. The Morgan fingerprint density at radius 3 is 2.75 bits per heavy atom. The molecule has 102 valence electrons. The van der Waals surface area contributed by atoms with Gasteiger partial charge in [0.25, 0.3) is 0 Å². The summed E-state index contributed by atoms with van der Waals surface area (Å²) in [6, 6.07) is 12.3. The molecule has 20 heavy (non-hydrogen) atoms. The molecule has 0 aliphatic rings. The second kappa shape index (κ2) is 5.23. The Hall–Kier alpha value is -1.91. The molecule has 0 spiro atoms. The van der Waals surface area contributed by atoms with E-state index in [4.69, 9.17) is 10.5 Å². The number of hydrogen-bond acceptors (Lipinski definition) is 3. The first-order valence-electron chi connectivity index (χ1n) is 6.26. The van der Waals surface area contributed by atoms with Crippen molar-refractivity contribution in [1.29, 1.82) is 0 Å². The Morgan fingerprint density at radius 1 is 1.15 bits per heavy atom. The minimum absolute atomic E-state index is 0.342. The maximum atomic E-state index is 14.1. The van der Waals surface area contributed by atoms with Crippen LogP contribution < -0.4 is 10.5 Å². The molecule has 3 rings (SSSR count). The monoisotopic (exact) mass is 287 g/mol. The highest BCUT2D eigenvalue weighted by molar-refractivity contribution is 7.17. The fourth-order valence-electron chi connectivity index (χ4n) is 2.32. The van der Waals surface area contributed by atoms with E-state index < -0.39 is 6.04 Å². The van der Waals surface area contributed by atoms with Crippen LogP contribution in [0.15, 0.2) is 47.8 Å². The van der Waals surface area contributed by atoms with Gasteiger partial charge in [0.2, 0.25) is 0 Å². The molecule has 0 amide bonds. The van der Waals surface area contributed by atoms with Gasteiger partial charge in [0.15, 0.2) is 0 Å². The lowest BCUT2D eigenvalue weighted by Crippen LogP contribution is -2.13. The van der Waals surface area contributed by atoms with Gasteiger partial charge in [0, 0.05) is 16.3 Å². The van der Waals surface area contributed by atoms with E-state index in [1.54, 1.807) is 23.5 Å². The van der Waals surface area contributed by atoms with Crippen LogP contribution in [0.5, 0.6) is 5.75 Å². The molecule has 4 heteroatoms. The summed E-state index contributed by atoms with van der Waals surface area (Å²) in [4.78, 5) is 0. The van der Waals surface area contributed by atoms with Gasteiger partial charge in [-0.1, -0.05) is 24.3 Å². The van der Waals surface area contributed by atoms with Crippen molar-refractivity contribution in [3.8, 4) is 5.75 Å². The third-order valence-corrected chi connectivity index (χ3v) is 4.37. The molecule has 2 N–H and O–H groups in total. The number of benzene rings is 2. The summed E-state index contributed by atoms with van der Waals surface area (Å²) < 4.78 is 20.3. The van der Waals surface area contributed by atoms with Crippen LogP contribution in [0, 0.1) is 5.82 Å². The predicted octanol–water partition coefficient (Wildman–Crippen LogP) is 4.10. The van der Waals surface area contributed by atoms with Gasteiger partial charge in [-0.3, -0.25) is 0 Å². The summed E-state index contributed by atoms with van der Waals surface area (Å²) >= 11 is 1.62. The van der Waals surface area contributed by atoms with Crippen LogP contribution in [0.25, 0.3) is 10.1 Å². The van der Waals surface area contributed by atoms with Crippen LogP contribution in [0.4, 0.5) is 4.39 Å². The smallest absolute Gasteiger partial charge is 0.132 e. The highest BCUT2D eigenvalue weighted by Crippen LogP contribution is 2.32. The van der Waals surface area contributed by atoms with E-state index in [0.29, 0.717) is 11.3 Å².